The molecule has 3 aromatic carbocycles. The minimum Gasteiger partial charge on any atom is -0.276 e. The first-order valence-electron chi connectivity index (χ1n) is 11.2. The van der Waals surface area contributed by atoms with Gasteiger partial charge in [0, 0.05) is 16.9 Å². The summed E-state index contributed by atoms with van der Waals surface area (Å²) < 4.78 is 30.5. The molecule has 8 nitrogen and oxygen atoms in total. The molecular weight excluding hydrogens is 484 g/mol. The molecule has 5 aromatic rings. The smallest absolute Gasteiger partial charge is 0.264 e. The van der Waals surface area contributed by atoms with E-state index >= 15 is 0 Å². The van der Waals surface area contributed by atoms with Crippen molar-refractivity contribution in [1.82, 2.24) is 25.2 Å². The first-order valence-corrected chi connectivity index (χ1v) is 13.1. The lowest BCUT2D eigenvalue weighted by atomic mass is 10.1. The number of nitrogens with one attached hydrogen (secondary N) is 2. The summed E-state index contributed by atoms with van der Waals surface area (Å²) in [6, 6.07) is 22.2. The zero-order valence-corrected chi connectivity index (χ0v) is 20.1. The molecule has 0 atom stereocenters. The first-order chi connectivity index (χ1) is 17.0. The number of anilines is 1. The van der Waals surface area contributed by atoms with E-state index in [9.17, 15) is 8.42 Å². The summed E-state index contributed by atoms with van der Waals surface area (Å²) in [6.07, 6.45) is 2.21. The van der Waals surface area contributed by atoms with Gasteiger partial charge in [0.05, 0.1) is 22.8 Å². The highest BCUT2D eigenvalue weighted by Gasteiger charge is 2.32. The molecule has 0 amide bonds. The topological polar surface area (TPSA) is 106 Å². The molecule has 1 saturated carbocycles. The molecular formula is C25H21ClN6O2S. The number of halogens is 1. The number of sulfonamides is 1. The summed E-state index contributed by atoms with van der Waals surface area (Å²) in [5, 5.41) is 16.9. The van der Waals surface area contributed by atoms with Crippen molar-refractivity contribution in [2.75, 3.05) is 4.72 Å². The molecule has 1 aliphatic rings. The van der Waals surface area contributed by atoms with Crippen molar-refractivity contribution in [2.45, 2.75) is 30.2 Å². The van der Waals surface area contributed by atoms with E-state index in [1.165, 1.54) is 12.1 Å². The minimum absolute atomic E-state index is 0.00570. The second-order valence-corrected chi connectivity index (χ2v) is 10.7. The summed E-state index contributed by atoms with van der Waals surface area (Å²) in [5.41, 5.74) is 4.64. The van der Waals surface area contributed by atoms with E-state index in [1.54, 1.807) is 12.1 Å². The van der Waals surface area contributed by atoms with Crippen LogP contribution in [0.5, 0.6) is 0 Å². The summed E-state index contributed by atoms with van der Waals surface area (Å²) in [6.45, 7) is 0.649. The highest BCUT2D eigenvalue weighted by molar-refractivity contribution is 7.92. The molecule has 0 saturated heterocycles. The Morgan fingerprint density at radius 2 is 1.80 bits per heavy atom. The maximum absolute atomic E-state index is 13.0. The van der Waals surface area contributed by atoms with Gasteiger partial charge in [-0.2, -0.15) is 5.10 Å². The lowest BCUT2D eigenvalue weighted by Crippen LogP contribution is -2.13. The van der Waals surface area contributed by atoms with Gasteiger partial charge in [0.1, 0.15) is 10.6 Å². The molecule has 2 heterocycles. The van der Waals surface area contributed by atoms with Crippen molar-refractivity contribution in [1.29, 1.82) is 0 Å². The van der Waals surface area contributed by atoms with Crippen molar-refractivity contribution >= 4 is 38.3 Å². The largest absolute Gasteiger partial charge is 0.276 e. The lowest BCUT2D eigenvalue weighted by Gasteiger charge is -2.09. The van der Waals surface area contributed by atoms with E-state index in [4.69, 9.17) is 11.6 Å². The first kappa shape index (κ1) is 21.8. The van der Waals surface area contributed by atoms with Crippen LogP contribution in [0.25, 0.3) is 22.2 Å². The predicted octanol–water partition coefficient (Wildman–Crippen LogP) is 5.20. The van der Waals surface area contributed by atoms with Gasteiger partial charge in [-0.15, -0.1) is 5.10 Å². The number of hydrogen-bond acceptors (Lipinski definition) is 5. The van der Waals surface area contributed by atoms with E-state index in [0.717, 1.165) is 35.4 Å². The summed E-state index contributed by atoms with van der Waals surface area (Å²) in [4.78, 5) is -0.00570. The number of H-pyrrole nitrogens is 1. The summed E-state index contributed by atoms with van der Waals surface area (Å²) in [5.74, 6) is 0.619. The van der Waals surface area contributed by atoms with Crippen LogP contribution in [-0.4, -0.2) is 33.6 Å². The van der Waals surface area contributed by atoms with Gasteiger partial charge in [-0.25, -0.2) is 13.1 Å². The van der Waals surface area contributed by atoms with Crippen LogP contribution < -0.4 is 4.72 Å². The third-order valence-electron chi connectivity index (χ3n) is 6.11. The zero-order chi connectivity index (χ0) is 24.0. The number of fused-ring (bicyclic) bond motifs is 1. The molecule has 0 aliphatic heterocycles. The van der Waals surface area contributed by atoms with Gasteiger partial charge in [-0.1, -0.05) is 65.3 Å². The van der Waals surface area contributed by atoms with Gasteiger partial charge in [-0.3, -0.25) is 9.82 Å². The standard InChI is InChI=1S/C25H21ClN6O2S/c26-20-8-4-5-9-22(20)35(33,34)30-25-19-14-18(12-13-21(19)27-29-25)23-24(17-10-11-17)32(31-28-23)15-16-6-2-1-3-7-16/h1-9,12-14,17H,10-11,15H2,(H2,27,29,30). The van der Waals surface area contributed by atoms with Crippen LogP contribution in [0.1, 0.15) is 30.0 Å². The van der Waals surface area contributed by atoms with Crippen LogP contribution >= 0.6 is 11.6 Å². The average molecular weight is 505 g/mol. The van der Waals surface area contributed by atoms with Crippen molar-refractivity contribution in [3.63, 3.8) is 0 Å². The number of hydrogen-bond donors (Lipinski definition) is 2. The van der Waals surface area contributed by atoms with E-state index in [1.807, 2.05) is 41.1 Å². The van der Waals surface area contributed by atoms with Gasteiger partial charge in [-0.05, 0) is 42.7 Å². The monoisotopic (exact) mass is 504 g/mol. The van der Waals surface area contributed by atoms with Crippen molar-refractivity contribution < 1.29 is 8.42 Å². The highest BCUT2D eigenvalue weighted by Crippen LogP contribution is 2.44. The summed E-state index contributed by atoms with van der Waals surface area (Å²) >= 11 is 6.12. The van der Waals surface area contributed by atoms with Crippen molar-refractivity contribution in [3.05, 3.63) is 89.1 Å². The molecule has 0 spiro atoms. The highest BCUT2D eigenvalue weighted by atomic mass is 35.5. The Balaban J connectivity index is 1.38. The van der Waals surface area contributed by atoms with Crippen LogP contribution in [0.2, 0.25) is 5.02 Å². The minimum atomic E-state index is -3.92. The Morgan fingerprint density at radius 1 is 1.03 bits per heavy atom. The third kappa shape index (κ3) is 4.17. The number of aromatic amines is 1. The van der Waals surface area contributed by atoms with Gasteiger partial charge in [0.25, 0.3) is 10.0 Å². The molecule has 1 fully saturated rings. The SMILES string of the molecule is O=S(=O)(Nc1n[nH]c2ccc(-c3nnn(Cc4ccccc4)c3C3CC3)cc12)c1ccccc1Cl. The van der Waals surface area contributed by atoms with Crippen molar-refractivity contribution in [2.24, 2.45) is 0 Å². The van der Waals surface area contributed by atoms with Gasteiger partial charge >= 0.3 is 0 Å². The van der Waals surface area contributed by atoms with E-state index in [0.29, 0.717) is 23.4 Å². The number of aromatic nitrogens is 5. The average Bonchev–Trinajstić information content (AvgIpc) is 3.50. The molecule has 2 aromatic heterocycles. The normalized spacial score (nSPS) is 13.9. The van der Waals surface area contributed by atoms with Gasteiger partial charge < -0.3 is 0 Å². The number of nitrogens with zero attached hydrogens (tertiary/aromatic N) is 4. The second kappa shape index (κ2) is 8.51. The van der Waals surface area contributed by atoms with Crippen LogP contribution in [0, 0.1) is 0 Å². The van der Waals surface area contributed by atoms with Gasteiger partial charge in [0.2, 0.25) is 0 Å². The molecule has 1 aliphatic carbocycles. The molecule has 0 radical (unpaired) electrons. The van der Waals surface area contributed by atoms with Crippen LogP contribution in [0.15, 0.2) is 77.7 Å². The molecule has 0 unspecified atom stereocenters. The Labute approximate surface area is 207 Å². The van der Waals surface area contributed by atoms with Crippen molar-refractivity contribution in [3.8, 4) is 11.3 Å². The van der Waals surface area contributed by atoms with E-state index in [2.05, 4.69) is 37.4 Å². The molecule has 176 valence electrons. The molecule has 0 bridgehead atoms. The van der Waals surface area contributed by atoms with Crippen LogP contribution in [0.3, 0.4) is 0 Å². The molecule has 2 N–H and O–H groups in total. The maximum atomic E-state index is 13.0. The van der Waals surface area contributed by atoms with Gasteiger partial charge in [0.15, 0.2) is 5.82 Å². The molecule has 35 heavy (non-hydrogen) atoms. The Hall–Kier alpha value is -3.69. The predicted molar refractivity (Wildman–Crippen MR) is 135 cm³/mol. The van der Waals surface area contributed by atoms with Crippen LogP contribution in [-0.2, 0) is 16.6 Å². The Bertz CT molecular complexity index is 1640. The fourth-order valence-electron chi connectivity index (χ4n) is 4.24. The van der Waals surface area contributed by atoms with E-state index in [-0.39, 0.29) is 15.7 Å². The fourth-order valence-corrected chi connectivity index (χ4v) is 5.79. The number of rotatable bonds is 7. The van der Waals surface area contributed by atoms with Crippen LogP contribution in [0.4, 0.5) is 5.82 Å². The Kier molecular flexibility index (Phi) is 5.31. The zero-order valence-electron chi connectivity index (χ0n) is 18.5. The molecule has 6 rings (SSSR count). The maximum Gasteiger partial charge on any atom is 0.264 e. The third-order valence-corrected chi connectivity index (χ3v) is 7.94. The second-order valence-electron chi connectivity index (χ2n) is 8.61. The fraction of sp³-hybridized carbons (Fsp3) is 0.160. The number of benzene rings is 3. The quantitative estimate of drug-likeness (QED) is 0.317. The lowest BCUT2D eigenvalue weighted by molar-refractivity contribution is 0.601. The van der Waals surface area contributed by atoms with E-state index < -0.39 is 10.0 Å². The summed E-state index contributed by atoms with van der Waals surface area (Å²) in [7, 11) is -3.92. The Morgan fingerprint density at radius 3 is 2.57 bits per heavy atom. The molecule has 10 heteroatoms.